The molecule has 2 aromatic heterocycles. The van der Waals surface area contributed by atoms with Crippen LogP contribution < -0.4 is 10.1 Å². The van der Waals surface area contributed by atoms with E-state index in [4.69, 9.17) is 9.15 Å². The molecule has 4 rings (SSSR count). The average Bonchev–Trinajstić information content (AvgIpc) is 3.30. The Balaban J connectivity index is 1.40. The second-order valence-electron chi connectivity index (χ2n) is 5.30. The van der Waals surface area contributed by atoms with Crippen LogP contribution in [-0.2, 0) is 19.4 Å². The van der Waals surface area contributed by atoms with Gasteiger partial charge >= 0.3 is 6.01 Å². The molecule has 0 bridgehead atoms. The van der Waals surface area contributed by atoms with Gasteiger partial charge in [-0.05, 0) is 18.1 Å². The molecule has 1 N–H and O–H groups in total. The Bertz CT molecular complexity index is 789. The maximum absolute atomic E-state index is 5.85. The van der Waals surface area contributed by atoms with Crippen molar-refractivity contribution in [3.05, 3.63) is 51.8 Å². The SMILES string of the molecule is CCc1nc(CNc2nnc([C@@H]3Cc4ccccc4O3)o2)cs1. The summed E-state index contributed by atoms with van der Waals surface area (Å²) < 4.78 is 11.5. The summed E-state index contributed by atoms with van der Waals surface area (Å²) in [5, 5.41) is 14.4. The largest absolute Gasteiger partial charge is 0.480 e. The van der Waals surface area contributed by atoms with Crippen LogP contribution >= 0.6 is 11.3 Å². The summed E-state index contributed by atoms with van der Waals surface area (Å²) in [4.78, 5) is 4.50. The molecule has 7 heteroatoms. The first-order valence-corrected chi connectivity index (χ1v) is 8.45. The quantitative estimate of drug-likeness (QED) is 0.774. The van der Waals surface area contributed by atoms with Gasteiger partial charge in [0.2, 0.25) is 0 Å². The first-order valence-electron chi connectivity index (χ1n) is 7.57. The molecule has 1 aromatic carbocycles. The van der Waals surface area contributed by atoms with Crippen LogP contribution in [0.25, 0.3) is 0 Å². The third-order valence-electron chi connectivity index (χ3n) is 3.69. The zero-order valence-electron chi connectivity index (χ0n) is 12.7. The highest BCUT2D eigenvalue weighted by molar-refractivity contribution is 7.09. The molecule has 0 aliphatic carbocycles. The lowest BCUT2D eigenvalue weighted by atomic mass is 10.1. The fourth-order valence-electron chi connectivity index (χ4n) is 2.51. The number of aryl methyl sites for hydroxylation is 1. The highest BCUT2D eigenvalue weighted by Gasteiger charge is 2.28. The molecule has 6 nitrogen and oxygen atoms in total. The average molecular weight is 328 g/mol. The Hall–Kier alpha value is -2.41. The van der Waals surface area contributed by atoms with Crippen LogP contribution in [0, 0.1) is 0 Å². The molecular formula is C16H16N4O2S. The minimum absolute atomic E-state index is 0.207. The van der Waals surface area contributed by atoms with Gasteiger partial charge in [0.15, 0.2) is 6.10 Å². The van der Waals surface area contributed by atoms with Gasteiger partial charge in [0.25, 0.3) is 5.89 Å². The number of benzene rings is 1. The van der Waals surface area contributed by atoms with E-state index in [2.05, 4.69) is 33.5 Å². The molecule has 118 valence electrons. The molecule has 0 spiro atoms. The standard InChI is InChI=1S/C16H16N4O2S/c1-2-14-18-11(9-23-14)8-17-16-20-19-15(22-16)13-7-10-5-3-4-6-12(10)21-13/h3-6,9,13H,2,7-8H2,1H3,(H,17,20)/t13-/m0/s1. The van der Waals surface area contributed by atoms with Gasteiger partial charge in [-0.1, -0.05) is 30.2 Å². The molecule has 3 aromatic rings. The van der Waals surface area contributed by atoms with Crippen molar-refractivity contribution in [1.82, 2.24) is 15.2 Å². The van der Waals surface area contributed by atoms with Crippen molar-refractivity contribution in [2.24, 2.45) is 0 Å². The summed E-state index contributed by atoms with van der Waals surface area (Å²) >= 11 is 1.67. The first kappa shape index (κ1) is 14.2. The van der Waals surface area contributed by atoms with E-state index >= 15 is 0 Å². The summed E-state index contributed by atoms with van der Waals surface area (Å²) in [5.74, 6) is 1.39. The fourth-order valence-corrected chi connectivity index (χ4v) is 3.26. The third-order valence-corrected chi connectivity index (χ3v) is 4.73. The molecule has 0 unspecified atom stereocenters. The van der Waals surface area contributed by atoms with E-state index in [-0.39, 0.29) is 6.10 Å². The summed E-state index contributed by atoms with van der Waals surface area (Å²) in [5.41, 5.74) is 2.15. The van der Waals surface area contributed by atoms with Crippen molar-refractivity contribution in [3.8, 4) is 5.75 Å². The summed E-state index contributed by atoms with van der Waals surface area (Å²) in [6.45, 7) is 2.67. The monoisotopic (exact) mass is 328 g/mol. The van der Waals surface area contributed by atoms with Crippen molar-refractivity contribution in [3.63, 3.8) is 0 Å². The molecule has 0 saturated carbocycles. The Labute approximate surface area is 137 Å². The van der Waals surface area contributed by atoms with E-state index in [0.29, 0.717) is 18.5 Å². The molecule has 3 heterocycles. The van der Waals surface area contributed by atoms with Crippen LogP contribution in [0.1, 0.15) is 35.2 Å². The van der Waals surface area contributed by atoms with Gasteiger partial charge in [0, 0.05) is 11.8 Å². The number of para-hydroxylation sites is 1. The summed E-state index contributed by atoms with van der Waals surface area (Å²) in [6.07, 6.45) is 1.50. The minimum atomic E-state index is -0.207. The lowest BCUT2D eigenvalue weighted by Gasteiger charge is -2.04. The zero-order chi connectivity index (χ0) is 15.6. The van der Waals surface area contributed by atoms with E-state index in [1.807, 2.05) is 23.6 Å². The van der Waals surface area contributed by atoms with E-state index in [0.717, 1.165) is 29.3 Å². The number of anilines is 1. The molecule has 0 amide bonds. The summed E-state index contributed by atoms with van der Waals surface area (Å²) in [7, 11) is 0. The maximum Gasteiger partial charge on any atom is 0.315 e. The Morgan fingerprint density at radius 3 is 3.04 bits per heavy atom. The number of fused-ring (bicyclic) bond motifs is 1. The van der Waals surface area contributed by atoms with Crippen LogP contribution in [-0.4, -0.2) is 15.2 Å². The lowest BCUT2D eigenvalue weighted by molar-refractivity contribution is 0.199. The molecular weight excluding hydrogens is 312 g/mol. The van der Waals surface area contributed by atoms with E-state index < -0.39 is 0 Å². The Morgan fingerprint density at radius 1 is 1.30 bits per heavy atom. The minimum Gasteiger partial charge on any atom is -0.480 e. The van der Waals surface area contributed by atoms with Crippen molar-refractivity contribution < 1.29 is 9.15 Å². The molecule has 0 saturated heterocycles. The topological polar surface area (TPSA) is 73.1 Å². The molecule has 1 aliphatic heterocycles. The number of ether oxygens (including phenoxy) is 1. The van der Waals surface area contributed by atoms with Gasteiger partial charge in [0.1, 0.15) is 5.75 Å². The first-order chi connectivity index (χ1) is 11.3. The van der Waals surface area contributed by atoms with Crippen LogP contribution in [0.4, 0.5) is 6.01 Å². The van der Waals surface area contributed by atoms with E-state index in [1.165, 1.54) is 5.56 Å². The number of rotatable bonds is 5. The van der Waals surface area contributed by atoms with Gasteiger partial charge in [-0.15, -0.1) is 16.4 Å². The highest BCUT2D eigenvalue weighted by atomic mass is 32.1. The van der Waals surface area contributed by atoms with Crippen LogP contribution in [0.2, 0.25) is 0 Å². The number of nitrogens with zero attached hydrogens (tertiary/aromatic N) is 3. The van der Waals surface area contributed by atoms with Crippen molar-refractivity contribution in [1.29, 1.82) is 0 Å². The van der Waals surface area contributed by atoms with E-state index in [9.17, 15) is 0 Å². The maximum atomic E-state index is 5.85. The number of hydrogen-bond acceptors (Lipinski definition) is 7. The van der Waals surface area contributed by atoms with Gasteiger partial charge in [-0.3, -0.25) is 0 Å². The predicted octanol–water partition coefficient (Wildman–Crippen LogP) is 3.38. The number of aromatic nitrogens is 3. The second kappa shape index (κ2) is 6.00. The van der Waals surface area contributed by atoms with Crippen LogP contribution in [0.3, 0.4) is 0 Å². The van der Waals surface area contributed by atoms with Crippen LogP contribution in [0.15, 0.2) is 34.1 Å². The van der Waals surface area contributed by atoms with Gasteiger partial charge in [-0.2, -0.15) is 0 Å². The van der Waals surface area contributed by atoms with Crippen molar-refractivity contribution >= 4 is 17.4 Å². The zero-order valence-corrected chi connectivity index (χ0v) is 13.5. The molecule has 0 radical (unpaired) electrons. The van der Waals surface area contributed by atoms with Crippen molar-refractivity contribution in [2.75, 3.05) is 5.32 Å². The summed E-state index contributed by atoms with van der Waals surface area (Å²) in [6, 6.07) is 8.37. The van der Waals surface area contributed by atoms with Gasteiger partial charge in [0.05, 0.1) is 17.2 Å². The number of thiazole rings is 1. The van der Waals surface area contributed by atoms with E-state index in [1.54, 1.807) is 11.3 Å². The number of hydrogen-bond donors (Lipinski definition) is 1. The molecule has 1 atom stereocenters. The van der Waals surface area contributed by atoms with Gasteiger partial charge < -0.3 is 14.5 Å². The predicted molar refractivity (Wildman–Crippen MR) is 86.6 cm³/mol. The second-order valence-corrected chi connectivity index (χ2v) is 6.25. The van der Waals surface area contributed by atoms with Gasteiger partial charge in [-0.25, -0.2) is 4.98 Å². The number of nitrogens with one attached hydrogen (secondary N) is 1. The van der Waals surface area contributed by atoms with Crippen molar-refractivity contribution in [2.45, 2.75) is 32.4 Å². The normalized spacial score (nSPS) is 16.1. The van der Waals surface area contributed by atoms with Crippen LogP contribution in [0.5, 0.6) is 5.75 Å². The Kier molecular flexibility index (Phi) is 3.70. The Morgan fingerprint density at radius 2 is 2.22 bits per heavy atom. The molecule has 1 aliphatic rings. The lowest BCUT2D eigenvalue weighted by Crippen LogP contribution is -2.03. The molecule has 23 heavy (non-hydrogen) atoms. The highest BCUT2D eigenvalue weighted by Crippen LogP contribution is 2.36. The fraction of sp³-hybridized carbons (Fsp3) is 0.312. The smallest absolute Gasteiger partial charge is 0.315 e. The third kappa shape index (κ3) is 2.92. The molecule has 0 fully saturated rings.